The van der Waals surface area contributed by atoms with E-state index in [4.69, 9.17) is 13.9 Å². The molecular weight excluding hydrogens is 634 g/mol. The summed E-state index contributed by atoms with van der Waals surface area (Å²) in [5.41, 5.74) is 1.17. The summed E-state index contributed by atoms with van der Waals surface area (Å²) in [5.74, 6) is -2.22. The summed E-state index contributed by atoms with van der Waals surface area (Å²) < 4.78 is 19.2. The summed E-state index contributed by atoms with van der Waals surface area (Å²) in [5, 5.41) is 11.9. The van der Waals surface area contributed by atoms with Gasteiger partial charge in [-0.2, -0.15) is 4.98 Å². The highest BCUT2D eigenvalue weighted by Crippen LogP contribution is 2.34. The van der Waals surface area contributed by atoms with Crippen molar-refractivity contribution in [2.45, 2.75) is 90.5 Å². The number of aromatic nitrogens is 3. The predicted octanol–water partition coefficient (Wildman–Crippen LogP) is 8.43. The van der Waals surface area contributed by atoms with Crippen LogP contribution in [-0.2, 0) is 11.3 Å². The molecule has 0 unspecified atom stereocenters. The lowest BCUT2D eigenvalue weighted by atomic mass is 10.1. The largest absolute Gasteiger partial charge is 0.495 e. The lowest BCUT2D eigenvalue weighted by molar-refractivity contribution is 0.0497. The van der Waals surface area contributed by atoms with Crippen molar-refractivity contribution in [3.05, 3.63) is 105 Å². The van der Waals surface area contributed by atoms with Crippen LogP contribution in [0.1, 0.15) is 99.9 Å². The van der Waals surface area contributed by atoms with Crippen LogP contribution in [0.15, 0.2) is 86.8 Å². The van der Waals surface area contributed by atoms with Crippen molar-refractivity contribution < 1.29 is 23.8 Å². The fourth-order valence-corrected chi connectivity index (χ4v) is 6.23. The second kappa shape index (κ2) is 18.0. The van der Waals surface area contributed by atoms with E-state index in [2.05, 4.69) is 11.9 Å². The van der Waals surface area contributed by atoms with Crippen LogP contribution in [0.5, 0.6) is 11.6 Å². The van der Waals surface area contributed by atoms with E-state index in [1.807, 2.05) is 30.3 Å². The summed E-state index contributed by atoms with van der Waals surface area (Å²) in [6, 6.07) is 21.0. The zero-order chi connectivity index (χ0) is 35.3. The van der Waals surface area contributed by atoms with Crippen molar-refractivity contribution in [1.29, 1.82) is 0 Å². The SMILES string of the molecule is CCCCCCCCCCCCCCOC(=O)c1ccc(OC)c(-n2c(O)c(-c3nc(=O)c4ccccc4n3Cc3ccccc3)oc2=O)c1. The third kappa shape index (κ3) is 8.91. The van der Waals surface area contributed by atoms with Crippen LogP contribution in [0.25, 0.3) is 28.2 Å². The average Bonchev–Trinajstić information content (AvgIpc) is 3.43. The number of esters is 1. The molecule has 10 nitrogen and oxygen atoms in total. The molecule has 0 aliphatic heterocycles. The second-order valence-electron chi connectivity index (χ2n) is 12.6. The van der Waals surface area contributed by atoms with Crippen LogP contribution in [0.3, 0.4) is 0 Å². The van der Waals surface area contributed by atoms with Gasteiger partial charge in [-0.15, -0.1) is 0 Å². The minimum atomic E-state index is -0.952. The molecule has 5 rings (SSSR count). The Morgan fingerprint density at radius 2 is 1.46 bits per heavy atom. The Morgan fingerprint density at radius 1 is 0.820 bits per heavy atom. The Hall–Kier alpha value is -5.12. The Labute approximate surface area is 292 Å². The molecule has 3 aromatic carbocycles. The molecule has 0 bridgehead atoms. The predicted molar refractivity (Wildman–Crippen MR) is 194 cm³/mol. The average molecular weight is 682 g/mol. The van der Waals surface area contributed by atoms with Crippen LogP contribution in [0.4, 0.5) is 0 Å². The highest BCUT2D eigenvalue weighted by atomic mass is 16.5. The molecule has 10 heteroatoms. The number of rotatable bonds is 19. The molecule has 0 aliphatic carbocycles. The number of aromatic hydroxyl groups is 1. The highest BCUT2D eigenvalue weighted by Gasteiger charge is 2.27. The molecule has 0 saturated heterocycles. The number of carbonyl (C=O) groups excluding carboxylic acids is 1. The van der Waals surface area contributed by atoms with E-state index < -0.39 is 23.2 Å². The van der Waals surface area contributed by atoms with Gasteiger partial charge in [0.15, 0.2) is 5.82 Å². The molecule has 0 fully saturated rings. The van der Waals surface area contributed by atoms with Gasteiger partial charge < -0.3 is 23.6 Å². The Bertz CT molecular complexity index is 1980. The normalized spacial score (nSPS) is 11.2. The Balaban J connectivity index is 1.30. The van der Waals surface area contributed by atoms with Gasteiger partial charge in [0.25, 0.3) is 5.56 Å². The van der Waals surface area contributed by atoms with Gasteiger partial charge in [0, 0.05) is 6.54 Å². The van der Waals surface area contributed by atoms with Crippen LogP contribution >= 0.6 is 0 Å². The van der Waals surface area contributed by atoms with Crippen molar-refractivity contribution >= 4 is 16.9 Å². The zero-order valence-corrected chi connectivity index (χ0v) is 29.1. The third-order valence-corrected chi connectivity index (χ3v) is 8.95. The Kier molecular flexibility index (Phi) is 13.0. The Morgan fingerprint density at radius 3 is 2.14 bits per heavy atom. The molecule has 0 atom stereocenters. The molecule has 0 amide bonds. The van der Waals surface area contributed by atoms with E-state index in [0.717, 1.165) is 29.4 Å². The first-order valence-electron chi connectivity index (χ1n) is 17.8. The monoisotopic (exact) mass is 681 g/mol. The summed E-state index contributed by atoms with van der Waals surface area (Å²) in [7, 11) is 1.41. The number of oxazole rings is 1. The lowest BCUT2D eigenvalue weighted by Crippen LogP contribution is -2.17. The van der Waals surface area contributed by atoms with Crippen molar-refractivity contribution in [1.82, 2.24) is 14.1 Å². The van der Waals surface area contributed by atoms with Crippen LogP contribution in [0.2, 0.25) is 0 Å². The number of benzene rings is 3. The van der Waals surface area contributed by atoms with E-state index in [-0.39, 0.29) is 41.7 Å². The van der Waals surface area contributed by atoms with Crippen molar-refractivity contribution in [2.75, 3.05) is 13.7 Å². The molecule has 264 valence electrons. The van der Waals surface area contributed by atoms with Crippen LogP contribution < -0.4 is 16.1 Å². The first-order valence-corrected chi connectivity index (χ1v) is 17.8. The third-order valence-electron chi connectivity index (χ3n) is 8.95. The number of ether oxygens (including phenoxy) is 2. The topological polar surface area (TPSA) is 126 Å². The number of para-hydroxylation sites is 1. The molecule has 2 heterocycles. The maximum Gasteiger partial charge on any atom is 0.427 e. The van der Waals surface area contributed by atoms with Gasteiger partial charge in [0.2, 0.25) is 11.6 Å². The maximum atomic E-state index is 13.4. The summed E-state index contributed by atoms with van der Waals surface area (Å²) in [6.07, 6.45) is 14.5. The van der Waals surface area contributed by atoms with Gasteiger partial charge in [-0.25, -0.2) is 14.2 Å². The molecule has 0 radical (unpaired) electrons. The van der Waals surface area contributed by atoms with Crippen molar-refractivity contribution in [2.24, 2.45) is 0 Å². The number of hydrogen-bond donors (Lipinski definition) is 1. The molecule has 5 aromatic rings. The van der Waals surface area contributed by atoms with Crippen molar-refractivity contribution in [3.8, 4) is 28.9 Å². The number of carbonyl (C=O) groups is 1. The molecular formula is C40H47N3O7. The fourth-order valence-electron chi connectivity index (χ4n) is 6.23. The molecule has 50 heavy (non-hydrogen) atoms. The quantitative estimate of drug-likeness (QED) is 0.0680. The maximum absolute atomic E-state index is 13.4. The van der Waals surface area contributed by atoms with Gasteiger partial charge in [-0.05, 0) is 42.3 Å². The van der Waals surface area contributed by atoms with E-state index in [0.29, 0.717) is 10.9 Å². The number of hydrogen-bond acceptors (Lipinski definition) is 8. The first kappa shape index (κ1) is 36.2. The highest BCUT2D eigenvalue weighted by molar-refractivity contribution is 5.90. The van der Waals surface area contributed by atoms with Crippen LogP contribution in [-0.4, -0.2) is 38.9 Å². The molecule has 0 saturated carbocycles. The number of nitrogens with zero attached hydrogens (tertiary/aromatic N) is 3. The van der Waals surface area contributed by atoms with E-state index in [9.17, 15) is 19.5 Å². The molecule has 0 spiro atoms. The summed E-state index contributed by atoms with van der Waals surface area (Å²) in [6.45, 7) is 2.80. The number of fused-ring (bicyclic) bond motifs is 1. The number of methoxy groups -OCH3 is 1. The van der Waals surface area contributed by atoms with E-state index in [1.54, 1.807) is 34.9 Å². The summed E-state index contributed by atoms with van der Waals surface area (Å²) >= 11 is 0. The minimum absolute atomic E-state index is 0.0251. The molecule has 0 aliphatic rings. The van der Waals surface area contributed by atoms with E-state index in [1.165, 1.54) is 77.0 Å². The van der Waals surface area contributed by atoms with Gasteiger partial charge in [-0.3, -0.25) is 4.79 Å². The van der Waals surface area contributed by atoms with Gasteiger partial charge in [0.1, 0.15) is 5.75 Å². The van der Waals surface area contributed by atoms with Gasteiger partial charge in [-0.1, -0.05) is 120 Å². The smallest absolute Gasteiger partial charge is 0.427 e. The number of unbranched alkanes of at least 4 members (excludes halogenated alkanes) is 11. The van der Waals surface area contributed by atoms with Crippen LogP contribution in [0, 0.1) is 0 Å². The lowest BCUT2D eigenvalue weighted by Gasteiger charge is -2.15. The molecule has 1 N–H and O–H groups in total. The van der Waals surface area contributed by atoms with E-state index >= 15 is 0 Å². The van der Waals surface area contributed by atoms with Gasteiger partial charge in [0.05, 0.1) is 35.9 Å². The van der Waals surface area contributed by atoms with Gasteiger partial charge >= 0.3 is 11.7 Å². The molecule has 2 aromatic heterocycles. The summed E-state index contributed by atoms with van der Waals surface area (Å²) in [4.78, 5) is 43.7. The first-order chi connectivity index (χ1) is 24.4. The zero-order valence-electron chi connectivity index (χ0n) is 29.1. The minimum Gasteiger partial charge on any atom is -0.495 e. The standard InChI is InChI=1S/C40H47N3O7/c1-3-4-5-6-7-8-9-10-11-12-13-19-26-49-39(46)30-24-25-34(48-2)33(27-30)43-38(45)35(50-40(43)47)36-41-37(44)31-22-17-18-23-32(31)42(36)28-29-20-15-14-16-21-29/h14-18,20-25,27,45H,3-13,19,26,28H2,1-2H3. The van der Waals surface area contributed by atoms with Crippen molar-refractivity contribution in [3.63, 3.8) is 0 Å². The fraction of sp³-hybridized carbons (Fsp3) is 0.400. The second-order valence-corrected chi connectivity index (χ2v) is 12.6.